The molecule has 0 unspecified atom stereocenters. The van der Waals surface area contributed by atoms with Crippen molar-refractivity contribution in [1.29, 1.82) is 0 Å². The molecule has 0 amide bonds. The predicted molar refractivity (Wildman–Crippen MR) is 72.9 cm³/mol. The van der Waals surface area contributed by atoms with Gasteiger partial charge in [-0.2, -0.15) is 11.3 Å². The van der Waals surface area contributed by atoms with Gasteiger partial charge in [-0.3, -0.25) is 0 Å². The lowest BCUT2D eigenvalue weighted by molar-refractivity contribution is 0.319. The summed E-state index contributed by atoms with van der Waals surface area (Å²) in [6.45, 7) is 1.10. The second-order valence-electron chi connectivity index (χ2n) is 3.69. The van der Waals surface area contributed by atoms with E-state index in [4.69, 9.17) is 22.1 Å². The van der Waals surface area contributed by atoms with Gasteiger partial charge in [-0.1, -0.05) is 11.6 Å². The number of benzene rings is 1. The first kappa shape index (κ1) is 12.4. The maximum absolute atomic E-state index is 5.90. The average Bonchev–Trinajstić information content (AvgIpc) is 2.84. The third-order valence-corrected chi connectivity index (χ3v) is 3.44. The molecule has 0 aliphatic heterocycles. The quantitative estimate of drug-likeness (QED) is 0.900. The molecule has 0 atom stereocenters. The number of halogens is 1. The summed E-state index contributed by atoms with van der Waals surface area (Å²) in [6, 6.07) is 7.65. The van der Waals surface area contributed by atoms with Gasteiger partial charge >= 0.3 is 0 Å². The minimum Gasteiger partial charge on any atom is -0.493 e. The van der Waals surface area contributed by atoms with Crippen LogP contribution in [-0.4, -0.2) is 6.61 Å². The SMILES string of the molecule is NCc1cc(Cl)ccc1OCCc1ccsc1. The number of thiophene rings is 1. The van der Waals surface area contributed by atoms with E-state index in [1.54, 1.807) is 11.3 Å². The molecule has 2 N–H and O–H groups in total. The lowest BCUT2D eigenvalue weighted by atomic mass is 10.2. The Kier molecular flexibility index (Phi) is 4.42. The van der Waals surface area contributed by atoms with Crippen LogP contribution in [0.15, 0.2) is 35.0 Å². The van der Waals surface area contributed by atoms with E-state index >= 15 is 0 Å². The Labute approximate surface area is 110 Å². The van der Waals surface area contributed by atoms with Crippen molar-refractivity contribution in [2.45, 2.75) is 13.0 Å². The summed E-state index contributed by atoms with van der Waals surface area (Å²) in [5.74, 6) is 0.826. The maximum atomic E-state index is 5.90. The number of nitrogens with two attached hydrogens (primary N) is 1. The average molecular weight is 268 g/mol. The molecule has 2 aromatic rings. The second-order valence-corrected chi connectivity index (χ2v) is 4.90. The highest BCUT2D eigenvalue weighted by Gasteiger charge is 2.03. The highest BCUT2D eigenvalue weighted by molar-refractivity contribution is 7.07. The Morgan fingerprint density at radius 2 is 2.18 bits per heavy atom. The summed E-state index contributed by atoms with van der Waals surface area (Å²) in [6.07, 6.45) is 0.913. The number of rotatable bonds is 5. The summed E-state index contributed by atoms with van der Waals surface area (Å²) < 4.78 is 5.72. The zero-order valence-corrected chi connectivity index (χ0v) is 10.9. The summed E-state index contributed by atoms with van der Waals surface area (Å²) in [5, 5.41) is 4.90. The molecule has 0 saturated carbocycles. The van der Waals surface area contributed by atoms with Crippen LogP contribution in [0.5, 0.6) is 5.75 Å². The van der Waals surface area contributed by atoms with Crippen molar-refractivity contribution in [2.24, 2.45) is 5.73 Å². The standard InChI is InChI=1S/C13H14ClNOS/c14-12-1-2-13(11(7-12)8-15)16-5-3-10-4-6-17-9-10/h1-2,4,6-7,9H,3,5,8,15H2. The van der Waals surface area contributed by atoms with Crippen LogP contribution >= 0.6 is 22.9 Å². The van der Waals surface area contributed by atoms with Crippen LogP contribution in [0.2, 0.25) is 5.02 Å². The Morgan fingerprint density at radius 3 is 2.88 bits per heavy atom. The third kappa shape index (κ3) is 3.46. The van der Waals surface area contributed by atoms with Gasteiger partial charge in [0.2, 0.25) is 0 Å². The van der Waals surface area contributed by atoms with Gasteiger partial charge in [-0.25, -0.2) is 0 Å². The van der Waals surface area contributed by atoms with E-state index in [9.17, 15) is 0 Å². The molecular formula is C13H14ClNOS. The van der Waals surface area contributed by atoms with E-state index in [0.29, 0.717) is 18.2 Å². The Hall–Kier alpha value is -1.03. The first-order valence-corrected chi connectivity index (χ1v) is 6.74. The van der Waals surface area contributed by atoms with Crippen LogP contribution in [0.3, 0.4) is 0 Å². The Balaban J connectivity index is 1.94. The smallest absolute Gasteiger partial charge is 0.123 e. The van der Waals surface area contributed by atoms with Crippen molar-refractivity contribution in [1.82, 2.24) is 0 Å². The Morgan fingerprint density at radius 1 is 1.29 bits per heavy atom. The highest BCUT2D eigenvalue weighted by atomic mass is 35.5. The van der Waals surface area contributed by atoms with Crippen LogP contribution in [0, 0.1) is 0 Å². The highest BCUT2D eigenvalue weighted by Crippen LogP contribution is 2.22. The number of hydrogen-bond acceptors (Lipinski definition) is 3. The molecule has 1 heterocycles. The van der Waals surface area contributed by atoms with Crippen molar-refractivity contribution >= 4 is 22.9 Å². The molecule has 0 aliphatic rings. The molecule has 4 heteroatoms. The molecule has 90 valence electrons. The van der Waals surface area contributed by atoms with E-state index in [1.807, 2.05) is 18.2 Å². The van der Waals surface area contributed by atoms with Gasteiger partial charge in [0, 0.05) is 23.6 Å². The Bertz CT molecular complexity index is 470. The van der Waals surface area contributed by atoms with Gasteiger partial charge in [-0.15, -0.1) is 0 Å². The van der Waals surface area contributed by atoms with Gasteiger partial charge in [0.15, 0.2) is 0 Å². The van der Waals surface area contributed by atoms with Crippen LogP contribution < -0.4 is 10.5 Å². The molecule has 0 bridgehead atoms. The fourth-order valence-electron chi connectivity index (χ4n) is 1.56. The topological polar surface area (TPSA) is 35.2 Å². The molecule has 0 fully saturated rings. The van der Waals surface area contributed by atoms with Gasteiger partial charge in [0.05, 0.1) is 6.61 Å². The minimum atomic E-state index is 0.439. The normalized spacial score (nSPS) is 10.5. The van der Waals surface area contributed by atoms with Crippen molar-refractivity contribution in [3.63, 3.8) is 0 Å². The van der Waals surface area contributed by atoms with Crippen molar-refractivity contribution in [2.75, 3.05) is 6.61 Å². The number of ether oxygens (including phenoxy) is 1. The monoisotopic (exact) mass is 267 g/mol. The summed E-state index contributed by atoms with van der Waals surface area (Å²) in [5.41, 5.74) is 7.90. The van der Waals surface area contributed by atoms with Gasteiger partial charge in [-0.05, 0) is 40.6 Å². The van der Waals surface area contributed by atoms with E-state index in [-0.39, 0.29) is 0 Å². The van der Waals surface area contributed by atoms with Gasteiger partial charge in [0.1, 0.15) is 5.75 Å². The lowest BCUT2D eigenvalue weighted by Gasteiger charge is -2.10. The molecule has 1 aromatic heterocycles. The van der Waals surface area contributed by atoms with Gasteiger partial charge < -0.3 is 10.5 Å². The van der Waals surface area contributed by atoms with E-state index in [2.05, 4.69) is 16.8 Å². The summed E-state index contributed by atoms with van der Waals surface area (Å²) in [7, 11) is 0. The van der Waals surface area contributed by atoms with Crippen LogP contribution in [0.4, 0.5) is 0 Å². The minimum absolute atomic E-state index is 0.439. The predicted octanol–water partition coefficient (Wildman–Crippen LogP) is 3.48. The summed E-state index contributed by atoms with van der Waals surface area (Å²) >= 11 is 7.60. The van der Waals surface area contributed by atoms with E-state index in [0.717, 1.165) is 17.7 Å². The molecule has 0 aliphatic carbocycles. The number of hydrogen-bond donors (Lipinski definition) is 1. The van der Waals surface area contributed by atoms with Crippen LogP contribution in [-0.2, 0) is 13.0 Å². The van der Waals surface area contributed by atoms with Crippen molar-refractivity contribution in [3.8, 4) is 5.75 Å². The van der Waals surface area contributed by atoms with Gasteiger partial charge in [0.25, 0.3) is 0 Å². The van der Waals surface area contributed by atoms with E-state index in [1.165, 1.54) is 5.56 Å². The fraction of sp³-hybridized carbons (Fsp3) is 0.231. The first-order chi connectivity index (χ1) is 8.29. The lowest BCUT2D eigenvalue weighted by Crippen LogP contribution is -2.05. The first-order valence-electron chi connectivity index (χ1n) is 5.42. The molecule has 0 spiro atoms. The van der Waals surface area contributed by atoms with Crippen LogP contribution in [0.25, 0.3) is 0 Å². The summed E-state index contributed by atoms with van der Waals surface area (Å²) in [4.78, 5) is 0. The fourth-order valence-corrected chi connectivity index (χ4v) is 2.46. The molecule has 1 aromatic carbocycles. The van der Waals surface area contributed by atoms with Crippen molar-refractivity contribution in [3.05, 3.63) is 51.2 Å². The molecule has 0 saturated heterocycles. The second kappa shape index (κ2) is 6.05. The molecule has 0 radical (unpaired) electrons. The van der Waals surface area contributed by atoms with E-state index < -0.39 is 0 Å². The van der Waals surface area contributed by atoms with Crippen LogP contribution in [0.1, 0.15) is 11.1 Å². The van der Waals surface area contributed by atoms with Crippen molar-refractivity contribution < 1.29 is 4.74 Å². The molecule has 17 heavy (non-hydrogen) atoms. The molecule has 2 nitrogen and oxygen atoms in total. The largest absolute Gasteiger partial charge is 0.493 e. The molecular weight excluding hydrogens is 254 g/mol. The third-order valence-electron chi connectivity index (χ3n) is 2.47. The zero-order valence-electron chi connectivity index (χ0n) is 9.36. The maximum Gasteiger partial charge on any atom is 0.123 e. The molecule has 2 rings (SSSR count). The zero-order chi connectivity index (χ0) is 12.1.